The lowest BCUT2D eigenvalue weighted by atomic mass is 10.1. The maximum Gasteiger partial charge on any atom is 0.373 e. The maximum absolute atomic E-state index is 13.8. The zero-order valence-corrected chi connectivity index (χ0v) is 17.5. The number of nitrogens with zero attached hydrogens (tertiary/aromatic N) is 1. The van der Waals surface area contributed by atoms with Gasteiger partial charge in [0.2, 0.25) is 5.76 Å². The first-order valence-electron chi connectivity index (χ1n) is 9.92. The van der Waals surface area contributed by atoms with E-state index in [9.17, 15) is 18.8 Å². The number of furan rings is 1. The monoisotopic (exact) mass is 450 g/mol. The van der Waals surface area contributed by atoms with Gasteiger partial charge in [0.05, 0.1) is 13.7 Å². The number of halogens is 1. The van der Waals surface area contributed by atoms with Gasteiger partial charge < -0.3 is 19.2 Å². The fourth-order valence-corrected chi connectivity index (χ4v) is 3.18. The highest BCUT2D eigenvalue weighted by molar-refractivity contribution is 6.13. The predicted octanol–water partition coefficient (Wildman–Crippen LogP) is 3.88. The SMILES string of the molecule is COC(=O)c1ccc(CN2C(=O)NC(=Cc3cccc(OCc4ccccc4F)c3)C2=O)o1. The molecular formula is C24H19FN2O6. The van der Waals surface area contributed by atoms with E-state index in [1.54, 1.807) is 42.5 Å². The Kier molecular flexibility index (Phi) is 6.21. The number of hydrogen-bond acceptors (Lipinski definition) is 6. The van der Waals surface area contributed by atoms with Crippen molar-refractivity contribution >= 4 is 24.0 Å². The Morgan fingerprint density at radius 3 is 2.73 bits per heavy atom. The number of benzene rings is 2. The van der Waals surface area contributed by atoms with Crippen LogP contribution in [0.2, 0.25) is 0 Å². The molecule has 4 rings (SSSR count). The first-order valence-corrected chi connectivity index (χ1v) is 9.92. The lowest BCUT2D eigenvalue weighted by molar-refractivity contribution is -0.123. The van der Waals surface area contributed by atoms with Crippen molar-refractivity contribution in [1.82, 2.24) is 10.2 Å². The first kappa shape index (κ1) is 21.8. The van der Waals surface area contributed by atoms with Gasteiger partial charge in [0.15, 0.2) is 0 Å². The minimum Gasteiger partial charge on any atom is -0.489 e. The van der Waals surface area contributed by atoms with Crippen LogP contribution < -0.4 is 10.1 Å². The molecule has 0 radical (unpaired) electrons. The molecule has 0 unspecified atom stereocenters. The fraction of sp³-hybridized carbons (Fsp3) is 0.125. The van der Waals surface area contributed by atoms with E-state index in [-0.39, 0.29) is 36.2 Å². The van der Waals surface area contributed by atoms with Gasteiger partial charge in [0.25, 0.3) is 5.91 Å². The van der Waals surface area contributed by atoms with E-state index in [4.69, 9.17) is 9.15 Å². The molecule has 1 aliphatic rings. The highest BCUT2D eigenvalue weighted by Crippen LogP contribution is 2.21. The summed E-state index contributed by atoms with van der Waals surface area (Å²) in [6, 6.07) is 15.4. The third kappa shape index (κ3) is 4.93. The lowest BCUT2D eigenvalue weighted by Crippen LogP contribution is -2.30. The number of nitrogens with one attached hydrogen (secondary N) is 1. The second-order valence-corrected chi connectivity index (χ2v) is 7.09. The summed E-state index contributed by atoms with van der Waals surface area (Å²) in [4.78, 5) is 37.5. The Morgan fingerprint density at radius 2 is 1.94 bits per heavy atom. The molecule has 2 heterocycles. The molecule has 3 aromatic rings. The Morgan fingerprint density at radius 1 is 1.12 bits per heavy atom. The summed E-state index contributed by atoms with van der Waals surface area (Å²) in [5, 5.41) is 2.52. The van der Waals surface area contributed by atoms with Gasteiger partial charge in [0.1, 0.15) is 29.6 Å². The number of rotatable bonds is 7. The molecule has 0 atom stereocenters. The molecule has 0 saturated carbocycles. The number of ether oxygens (including phenoxy) is 2. The zero-order valence-electron chi connectivity index (χ0n) is 17.5. The normalized spacial score (nSPS) is 14.5. The molecule has 0 aliphatic carbocycles. The van der Waals surface area contributed by atoms with E-state index in [1.165, 1.54) is 31.4 Å². The molecule has 9 heteroatoms. The average Bonchev–Trinajstić information content (AvgIpc) is 3.39. The Bertz CT molecular complexity index is 1250. The van der Waals surface area contributed by atoms with Gasteiger partial charge in [0, 0.05) is 5.56 Å². The van der Waals surface area contributed by atoms with Gasteiger partial charge >= 0.3 is 12.0 Å². The van der Waals surface area contributed by atoms with Gasteiger partial charge in [-0.15, -0.1) is 0 Å². The van der Waals surface area contributed by atoms with Crippen molar-refractivity contribution in [2.45, 2.75) is 13.2 Å². The second kappa shape index (κ2) is 9.39. The van der Waals surface area contributed by atoms with E-state index in [1.807, 2.05) is 0 Å². The molecule has 2 aromatic carbocycles. The summed E-state index contributed by atoms with van der Waals surface area (Å²) >= 11 is 0. The minimum atomic E-state index is -0.656. The van der Waals surface area contributed by atoms with Crippen LogP contribution in [-0.4, -0.2) is 29.9 Å². The van der Waals surface area contributed by atoms with Crippen molar-refractivity contribution in [1.29, 1.82) is 0 Å². The summed E-state index contributed by atoms with van der Waals surface area (Å²) in [5.74, 6) is -0.853. The Labute approximate surface area is 188 Å². The fourth-order valence-electron chi connectivity index (χ4n) is 3.18. The number of amides is 3. The van der Waals surface area contributed by atoms with Gasteiger partial charge in [-0.05, 0) is 42.0 Å². The number of carbonyl (C=O) groups is 3. The van der Waals surface area contributed by atoms with Crippen molar-refractivity contribution in [2.75, 3.05) is 7.11 Å². The third-order valence-electron chi connectivity index (χ3n) is 4.85. The molecule has 1 N–H and O–H groups in total. The van der Waals surface area contributed by atoms with Crippen LogP contribution in [0.1, 0.15) is 27.4 Å². The number of methoxy groups -OCH3 is 1. The third-order valence-corrected chi connectivity index (χ3v) is 4.85. The number of urea groups is 1. The van der Waals surface area contributed by atoms with Crippen LogP contribution in [-0.2, 0) is 22.7 Å². The summed E-state index contributed by atoms with van der Waals surface area (Å²) in [6.45, 7) is -0.0996. The highest BCUT2D eigenvalue weighted by atomic mass is 19.1. The van der Waals surface area contributed by atoms with Gasteiger partial charge in [-0.3, -0.25) is 9.69 Å². The zero-order chi connectivity index (χ0) is 23.4. The number of esters is 1. The second-order valence-electron chi connectivity index (χ2n) is 7.09. The molecule has 1 aliphatic heterocycles. The van der Waals surface area contributed by atoms with Crippen LogP contribution in [0.25, 0.3) is 6.08 Å². The molecule has 8 nitrogen and oxygen atoms in total. The minimum absolute atomic E-state index is 0.0254. The van der Waals surface area contributed by atoms with Crippen LogP contribution in [0.4, 0.5) is 9.18 Å². The summed E-state index contributed by atoms with van der Waals surface area (Å²) in [7, 11) is 1.22. The molecule has 0 spiro atoms. The van der Waals surface area contributed by atoms with E-state index < -0.39 is 17.9 Å². The number of carbonyl (C=O) groups excluding carboxylic acids is 3. The molecule has 168 valence electrons. The van der Waals surface area contributed by atoms with Crippen molar-refractivity contribution in [3.05, 3.63) is 94.8 Å². The van der Waals surface area contributed by atoms with Gasteiger partial charge in [-0.1, -0.05) is 30.3 Å². The average molecular weight is 450 g/mol. The largest absolute Gasteiger partial charge is 0.489 e. The van der Waals surface area contributed by atoms with Crippen molar-refractivity contribution < 1.29 is 32.7 Å². The summed E-state index contributed by atoms with van der Waals surface area (Å²) in [6.07, 6.45) is 1.51. The van der Waals surface area contributed by atoms with E-state index in [0.717, 1.165) is 4.90 Å². The van der Waals surface area contributed by atoms with Crippen LogP contribution in [0, 0.1) is 5.82 Å². The van der Waals surface area contributed by atoms with Crippen LogP contribution >= 0.6 is 0 Å². The number of hydrogen-bond donors (Lipinski definition) is 1. The lowest BCUT2D eigenvalue weighted by Gasteiger charge is -2.09. The van der Waals surface area contributed by atoms with Crippen LogP contribution in [0.15, 0.2) is 70.8 Å². The maximum atomic E-state index is 13.8. The van der Waals surface area contributed by atoms with Crippen LogP contribution in [0.5, 0.6) is 5.75 Å². The summed E-state index contributed by atoms with van der Waals surface area (Å²) in [5.41, 5.74) is 1.10. The topological polar surface area (TPSA) is 98.1 Å². The van der Waals surface area contributed by atoms with Crippen molar-refractivity contribution in [3.8, 4) is 5.75 Å². The van der Waals surface area contributed by atoms with Gasteiger partial charge in [-0.25, -0.2) is 14.0 Å². The van der Waals surface area contributed by atoms with Gasteiger partial charge in [-0.2, -0.15) is 0 Å². The van der Waals surface area contributed by atoms with E-state index >= 15 is 0 Å². The standard InChI is InChI=1S/C24H19FN2O6/c1-31-23(29)21-10-9-18(33-21)13-27-22(28)20(26-24(27)30)12-15-5-4-7-17(11-15)32-14-16-6-2-3-8-19(16)25/h2-12H,13-14H2,1H3,(H,26,30). The molecule has 33 heavy (non-hydrogen) atoms. The molecule has 1 fully saturated rings. The van der Waals surface area contributed by atoms with Crippen molar-refractivity contribution in [2.24, 2.45) is 0 Å². The Balaban J connectivity index is 1.45. The molecule has 0 bridgehead atoms. The number of imide groups is 1. The molecule has 3 amide bonds. The van der Waals surface area contributed by atoms with Crippen molar-refractivity contribution in [3.63, 3.8) is 0 Å². The molecule has 1 saturated heterocycles. The summed E-state index contributed by atoms with van der Waals surface area (Å²) < 4.78 is 29.3. The van der Waals surface area contributed by atoms with Crippen LogP contribution in [0.3, 0.4) is 0 Å². The van der Waals surface area contributed by atoms with E-state index in [0.29, 0.717) is 16.9 Å². The molecule has 1 aromatic heterocycles. The smallest absolute Gasteiger partial charge is 0.373 e. The molecular weight excluding hydrogens is 431 g/mol. The Hall–Kier alpha value is -4.40. The quantitative estimate of drug-likeness (QED) is 0.333. The predicted molar refractivity (Wildman–Crippen MR) is 114 cm³/mol. The highest BCUT2D eigenvalue weighted by Gasteiger charge is 2.34. The van der Waals surface area contributed by atoms with E-state index in [2.05, 4.69) is 10.1 Å². The first-order chi connectivity index (χ1) is 15.9.